The first-order chi connectivity index (χ1) is 9.10. The van der Waals surface area contributed by atoms with Crippen LogP contribution in [0, 0.1) is 28.6 Å². The van der Waals surface area contributed by atoms with Gasteiger partial charge in [-0.05, 0) is 11.6 Å². The summed E-state index contributed by atoms with van der Waals surface area (Å²) in [6.07, 6.45) is 0. The lowest BCUT2D eigenvalue weighted by Crippen LogP contribution is -2.42. The van der Waals surface area contributed by atoms with E-state index in [2.05, 4.69) is 5.32 Å². The molecular weight excluding hydrogens is 264 g/mol. The third kappa shape index (κ3) is 2.12. The average molecular weight is 273 g/mol. The maximum absolute atomic E-state index is 11.8. The maximum Gasteiger partial charge on any atom is 0.243 e. The normalized spacial score (nSPS) is 22.4. The molecule has 2 unspecified atom stereocenters. The second-order valence-corrected chi connectivity index (χ2v) is 4.44. The van der Waals surface area contributed by atoms with Gasteiger partial charge in [0.1, 0.15) is 11.7 Å². The molecule has 0 bridgehead atoms. The highest BCUT2D eigenvalue weighted by Gasteiger charge is 2.39. The number of allylic oxidation sites excluding steroid dienone is 1. The van der Waals surface area contributed by atoms with Crippen LogP contribution in [0.15, 0.2) is 35.7 Å². The van der Waals surface area contributed by atoms with Gasteiger partial charge < -0.3 is 11.1 Å². The molecule has 0 spiro atoms. The Kier molecular flexibility index (Phi) is 3.41. The van der Waals surface area contributed by atoms with E-state index >= 15 is 0 Å². The molecule has 0 fully saturated rings. The molecule has 0 aliphatic carbocycles. The molecule has 6 heteroatoms. The highest BCUT2D eigenvalue weighted by atomic mass is 35.5. The summed E-state index contributed by atoms with van der Waals surface area (Å²) in [5.41, 5.74) is 6.35. The summed E-state index contributed by atoms with van der Waals surface area (Å²) in [6.45, 7) is 0. The fourth-order valence-electron chi connectivity index (χ4n) is 2.09. The summed E-state index contributed by atoms with van der Waals surface area (Å²) in [7, 11) is 0. The Morgan fingerprint density at radius 2 is 2.00 bits per heavy atom. The zero-order valence-corrected chi connectivity index (χ0v) is 10.5. The SMILES string of the molecule is N#CC1=C(N)NC(=O)C(C#N)C1c1ccccc1Cl. The van der Waals surface area contributed by atoms with Crippen molar-refractivity contribution in [2.75, 3.05) is 0 Å². The van der Waals surface area contributed by atoms with Gasteiger partial charge in [0.05, 0.1) is 17.7 Å². The van der Waals surface area contributed by atoms with Crippen LogP contribution >= 0.6 is 11.6 Å². The first-order valence-corrected chi connectivity index (χ1v) is 5.82. The van der Waals surface area contributed by atoms with Gasteiger partial charge in [-0.2, -0.15) is 10.5 Å². The van der Waals surface area contributed by atoms with Gasteiger partial charge in [0.2, 0.25) is 5.91 Å². The standard InChI is InChI=1S/C13H9ClN4O/c14-10-4-2-1-3-7(10)11-8(5-15)12(17)18-13(19)9(11)6-16/h1-4,9,11H,17H2,(H,18,19). The minimum atomic E-state index is -1.03. The number of halogens is 1. The number of nitrogens with two attached hydrogens (primary N) is 1. The monoisotopic (exact) mass is 272 g/mol. The second kappa shape index (κ2) is 5.01. The number of nitrogens with one attached hydrogen (secondary N) is 1. The fourth-order valence-corrected chi connectivity index (χ4v) is 2.34. The molecule has 0 saturated heterocycles. The minimum Gasteiger partial charge on any atom is -0.384 e. The molecule has 0 radical (unpaired) electrons. The Balaban J connectivity index is 2.66. The van der Waals surface area contributed by atoms with Gasteiger partial charge in [0.15, 0.2) is 0 Å². The van der Waals surface area contributed by atoms with Gasteiger partial charge in [-0.25, -0.2) is 0 Å². The molecule has 1 heterocycles. The first kappa shape index (κ1) is 12.9. The van der Waals surface area contributed by atoms with Gasteiger partial charge in [-0.3, -0.25) is 4.79 Å². The lowest BCUT2D eigenvalue weighted by molar-refractivity contribution is -0.123. The Morgan fingerprint density at radius 1 is 1.32 bits per heavy atom. The average Bonchev–Trinajstić information content (AvgIpc) is 2.38. The van der Waals surface area contributed by atoms with Crippen LogP contribution in [0.25, 0.3) is 0 Å². The summed E-state index contributed by atoms with van der Waals surface area (Å²) in [5.74, 6) is -2.31. The van der Waals surface area contributed by atoms with Gasteiger partial charge in [0, 0.05) is 10.9 Å². The molecule has 1 amide bonds. The van der Waals surface area contributed by atoms with Crippen LogP contribution in [-0.4, -0.2) is 5.91 Å². The van der Waals surface area contributed by atoms with Gasteiger partial charge in [0.25, 0.3) is 0 Å². The molecule has 1 aromatic rings. The van der Waals surface area contributed by atoms with Crippen molar-refractivity contribution in [2.45, 2.75) is 5.92 Å². The largest absolute Gasteiger partial charge is 0.384 e. The molecular formula is C13H9ClN4O. The van der Waals surface area contributed by atoms with Crippen LogP contribution in [0.5, 0.6) is 0 Å². The number of carbonyl (C=O) groups is 1. The number of nitriles is 2. The van der Waals surface area contributed by atoms with Crippen LogP contribution in [0.4, 0.5) is 0 Å². The number of benzene rings is 1. The lowest BCUT2D eigenvalue weighted by Gasteiger charge is -2.27. The van der Waals surface area contributed by atoms with Crippen molar-refractivity contribution in [3.8, 4) is 12.1 Å². The van der Waals surface area contributed by atoms with E-state index in [1.165, 1.54) is 0 Å². The molecule has 94 valence electrons. The van der Waals surface area contributed by atoms with Gasteiger partial charge in [-0.15, -0.1) is 0 Å². The van der Waals surface area contributed by atoms with Crippen LogP contribution in [-0.2, 0) is 4.79 Å². The Labute approximate surface area is 114 Å². The van der Waals surface area contributed by atoms with Crippen molar-refractivity contribution in [1.29, 1.82) is 10.5 Å². The number of hydrogen-bond donors (Lipinski definition) is 2. The summed E-state index contributed by atoms with van der Waals surface area (Å²) in [5, 5.41) is 21.1. The van der Waals surface area contributed by atoms with E-state index < -0.39 is 17.7 Å². The molecule has 3 N–H and O–H groups in total. The highest BCUT2D eigenvalue weighted by Crippen LogP contribution is 2.38. The maximum atomic E-state index is 11.8. The summed E-state index contributed by atoms with van der Waals surface area (Å²) >= 11 is 6.08. The van der Waals surface area contributed by atoms with Crippen molar-refractivity contribution in [2.24, 2.45) is 11.7 Å². The zero-order valence-electron chi connectivity index (χ0n) is 9.72. The smallest absolute Gasteiger partial charge is 0.243 e. The van der Waals surface area contributed by atoms with Gasteiger partial charge >= 0.3 is 0 Å². The molecule has 5 nitrogen and oxygen atoms in total. The predicted octanol–water partition coefficient (Wildman–Crippen LogP) is 1.39. The minimum absolute atomic E-state index is 0.0241. The Morgan fingerprint density at radius 3 is 2.58 bits per heavy atom. The van der Waals surface area contributed by atoms with E-state index in [1.807, 2.05) is 12.1 Å². The van der Waals surface area contributed by atoms with E-state index in [9.17, 15) is 10.1 Å². The van der Waals surface area contributed by atoms with Crippen LogP contribution < -0.4 is 11.1 Å². The summed E-state index contributed by atoms with van der Waals surface area (Å²) in [6, 6.07) is 10.6. The van der Waals surface area contributed by atoms with Crippen molar-refractivity contribution < 1.29 is 4.79 Å². The molecule has 0 saturated carbocycles. The van der Waals surface area contributed by atoms with Crippen LogP contribution in [0.1, 0.15) is 11.5 Å². The second-order valence-electron chi connectivity index (χ2n) is 4.03. The fraction of sp³-hybridized carbons (Fsp3) is 0.154. The van der Waals surface area contributed by atoms with Crippen molar-refractivity contribution in [3.63, 3.8) is 0 Å². The summed E-state index contributed by atoms with van der Waals surface area (Å²) in [4.78, 5) is 11.8. The van der Waals surface area contributed by atoms with E-state index in [-0.39, 0.29) is 11.4 Å². The Bertz CT molecular complexity index is 653. The molecule has 0 aromatic heterocycles. The van der Waals surface area contributed by atoms with E-state index in [4.69, 9.17) is 22.6 Å². The van der Waals surface area contributed by atoms with E-state index in [1.54, 1.807) is 24.3 Å². The van der Waals surface area contributed by atoms with Crippen molar-refractivity contribution in [1.82, 2.24) is 5.32 Å². The van der Waals surface area contributed by atoms with E-state index in [0.717, 1.165) is 0 Å². The van der Waals surface area contributed by atoms with Crippen LogP contribution in [0.2, 0.25) is 5.02 Å². The third-order valence-electron chi connectivity index (χ3n) is 2.97. The third-order valence-corrected chi connectivity index (χ3v) is 3.32. The first-order valence-electron chi connectivity index (χ1n) is 5.44. The quantitative estimate of drug-likeness (QED) is 0.806. The zero-order chi connectivity index (χ0) is 14.0. The number of rotatable bonds is 1. The topological polar surface area (TPSA) is 103 Å². The molecule has 2 atom stereocenters. The predicted molar refractivity (Wildman–Crippen MR) is 68.3 cm³/mol. The summed E-state index contributed by atoms with van der Waals surface area (Å²) < 4.78 is 0. The highest BCUT2D eigenvalue weighted by molar-refractivity contribution is 6.31. The lowest BCUT2D eigenvalue weighted by atomic mass is 9.79. The molecule has 19 heavy (non-hydrogen) atoms. The van der Waals surface area contributed by atoms with Gasteiger partial charge in [-0.1, -0.05) is 29.8 Å². The number of hydrogen-bond acceptors (Lipinski definition) is 4. The van der Waals surface area contributed by atoms with E-state index in [0.29, 0.717) is 10.6 Å². The van der Waals surface area contributed by atoms with Crippen molar-refractivity contribution >= 4 is 17.5 Å². The number of amides is 1. The van der Waals surface area contributed by atoms with Crippen LogP contribution in [0.3, 0.4) is 0 Å². The number of nitrogens with zero attached hydrogens (tertiary/aromatic N) is 2. The molecule has 1 aliphatic rings. The molecule has 1 aromatic carbocycles. The van der Waals surface area contributed by atoms with Crippen molar-refractivity contribution in [3.05, 3.63) is 46.2 Å². The number of carbonyl (C=O) groups excluding carboxylic acids is 1. The Hall–Kier alpha value is -2.50. The molecule has 1 aliphatic heterocycles. The molecule has 2 rings (SSSR count).